The van der Waals surface area contributed by atoms with E-state index in [2.05, 4.69) is 31.9 Å². The van der Waals surface area contributed by atoms with E-state index in [1.807, 2.05) is 10.9 Å². The fourth-order valence-electron chi connectivity index (χ4n) is 3.65. The van der Waals surface area contributed by atoms with Crippen molar-refractivity contribution in [2.24, 2.45) is 0 Å². The van der Waals surface area contributed by atoms with E-state index in [1.54, 1.807) is 12.4 Å². The maximum Gasteiger partial charge on any atom is 0.246 e. The molecule has 0 unspecified atom stereocenters. The summed E-state index contributed by atoms with van der Waals surface area (Å²) < 4.78 is 22.5. The quantitative estimate of drug-likeness (QED) is 0.564. The third-order valence-electron chi connectivity index (χ3n) is 5.46. The number of alkyl halides is 1. The van der Waals surface area contributed by atoms with E-state index in [9.17, 15) is 9.18 Å². The standard InChI is InChI=1S/C20H21ClFN7O2/c1-2-16(30)28-6-5-14(22)15(10-28)31-19-17-13(21)8-23-18(17)26-20(27-19)25-11-7-24-29(9-11)12-3-4-12/h2,7-9,12,14-15H,1,3-6,10H2,(H2,23,25,26,27)/t14-,15-/m0/s1. The van der Waals surface area contributed by atoms with Gasteiger partial charge in [0, 0.05) is 18.9 Å². The molecule has 0 bridgehead atoms. The molecule has 1 amide bonds. The minimum absolute atomic E-state index is 0.0937. The second kappa shape index (κ2) is 7.84. The molecule has 2 atom stereocenters. The highest BCUT2D eigenvalue weighted by Gasteiger charge is 2.33. The Morgan fingerprint density at radius 2 is 2.23 bits per heavy atom. The second-order valence-corrected chi connectivity index (χ2v) is 8.13. The highest BCUT2D eigenvalue weighted by Crippen LogP contribution is 2.36. The minimum Gasteiger partial charge on any atom is -0.469 e. The molecular weight excluding hydrogens is 425 g/mol. The number of carbonyl (C=O) groups is 1. The van der Waals surface area contributed by atoms with Gasteiger partial charge < -0.3 is 19.9 Å². The van der Waals surface area contributed by atoms with Gasteiger partial charge in [0.2, 0.25) is 17.7 Å². The number of fused-ring (bicyclic) bond motifs is 1. The van der Waals surface area contributed by atoms with Crippen LogP contribution in [0.4, 0.5) is 16.0 Å². The van der Waals surface area contributed by atoms with Crippen molar-refractivity contribution in [3.63, 3.8) is 0 Å². The summed E-state index contributed by atoms with van der Waals surface area (Å²) in [4.78, 5) is 25.3. The zero-order valence-electron chi connectivity index (χ0n) is 16.6. The minimum atomic E-state index is -1.25. The number of carbonyl (C=O) groups excluding carboxylic acids is 1. The molecule has 11 heteroatoms. The molecule has 4 heterocycles. The number of H-pyrrole nitrogens is 1. The Labute approximate surface area is 182 Å². The Morgan fingerprint density at radius 3 is 3.00 bits per heavy atom. The average Bonchev–Trinajstić information content (AvgIpc) is 3.40. The van der Waals surface area contributed by atoms with Crippen LogP contribution in [0.25, 0.3) is 11.0 Å². The Balaban J connectivity index is 1.43. The Hall–Kier alpha value is -3.14. The summed E-state index contributed by atoms with van der Waals surface area (Å²) in [5.74, 6) is 0.151. The van der Waals surface area contributed by atoms with Gasteiger partial charge in [0.05, 0.1) is 34.9 Å². The maximum atomic E-state index is 14.6. The monoisotopic (exact) mass is 445 g/mol. The fraction of sp³-hybridized carbons (Fsp3) is 0.400. The summed E-state index contributed by atoms with van der Waals surface area (Å²) in [6.07, 6.45) is 6.67. The first kappa shape index (κ1) is 19.8. The summed E-state index contributed by atoms with van der Waals surface area (Å²) in [6, 6.07) is 0.453. The van der Waals surface area contributed by atoms with Crippen molar-refractivity contribution in [1.82, 2.24) is 29.6 Å². The van der Waals surface area contributed by atoms with Crippen LogP contribution in [0.15, 0.2) is 31.2 Å². The van der Waals surface area contributed by atoms with E-state index in [4.69, 9.17) is 16.3 Å². The highest BCUT2D eigenvalue weighted by atomic mass is 35.5. The summed E-state index contributed by atoms with van der Waals surface area (Å²) in [5, 5.41) is 8.28. The normalized spacial score (nSPS) is 21.3. The lowest BCUT2D eigenvalue weighted by Gasteiger charge is -2.34. The molecule has 1 saturated heterocycles. The molecule has 0 aromatic carbocycles. The molecule has 31 heavy (non-hydrogen) atoms. The number of hydrogen-bond donors (Lipinski definition) is 2. The number of anilines is 2. The van der Waals surface area contributed by atoms with E-state index in [0.29, 0.717) is 28.6 Å². The topological polar surface area (TPSA) is 101 Å². The van der Waals surface area contributed by atoms with Gasteiger partial charge in [-0.2, -0.15) is 15.1 Å². The van der Waals surface area contributed by atoms with Crippen LogP contribution in [0.1, 0.15) is 25.3 Å². The third-order valence-corrected chi connectivity index (χ3v) is 5.75. The van der Waals surface area contributed by atoms with Gasteiger partial charge in [0.25, 0.3) is 0 Å². The van der Waals surface area contributed by atoms with Gasteiger partial charge in [-0.15, -0.1) is 0 Å². The molecule has 2 aliphatic rings. The molecule has 1 aliphatic carbocycles. The SMILES string of the molecule is C=CC(=O)N1CC[C@H](F)[C@@H](Oc2nc(Nc3cnn(C4CC4)c3)nc3[nH]cc(Cl)c23)C1. The summed E-state index contributed by atoms with van der Waals surface area (Å²) in [5.41, 5.74) is 1.19. The Morgan fingerprint density at radius 1 is 1.39 bits per heavy atom. The van der Waals surface area contributed by atoms with Crippen LogP contribution in [0.2, 0.25) is 5.02 Å². The molecule has 1 aliphatic heterocycles. The van der Waals surface area contributed by atoms with Gasteiger partial charge in [-0.25, -0.2) is 4.39 Å². The van der Waals surface area contributed by atoms with E-state index < -0.39 is 12.3 Å². The van der Waals surface area contributed by atoms with E-state index in [-0.39, 0.29) is 30.7 Å². The lowest BCUT2D eigenvalue weighted by molar-refractivity contribution is -0.130. The van der Waals surface area contributed by atoms with Crippen molar-refractivity contribution in [2.45, 2.75) is 37.6 Å². The van der Waals surface area contributed by atoms with Crippen molar-refractivity contribution in [1.29, 1.82) is 0 Å². The molecule has 2 fully saturated rings. The molecule has 3 aromatic rings. The third kappa shape index (κ3) is 3.95. The van der Waals surface area contributed by atoms with E-state index >= 15 is 0 Å². The van der Waals surface area contributed by atoms with Gasteiger partial charge in [-0.3, -0.25) is 9.48 Å². The zero-order valence-corrected chi connectivity index (χ0v) is 17.3. The first-order valence-corrected chi connectivity index (χ1v) is 10.5. The lowest BCUT2D eigenvalue weighted by Crippen LogP contribution is -2.49. The van der Waals surface area contributed by atoms with Crippen LogP contribution < -0.4 is 10.1 Å². The lowest BCUT2D eigenvalue weighted by atomic mass is 10.1. The number of amides is 1. The van der Waals surface area contributed by atoms with Crippen LogP contribution in [-0.2, 0) is 4.79 Å². The molecule has 5 rings (SSSR count). The van der Waals surface area contributed by atoms with Crippen LogP contribution in [0, 0.1) is 0 Å². The van der Waals surface area contributed by atoms with Crippen LogP contribution >= 0.6 is 11.6 Å². The number of piperidine rings is 1. The number of nitrogens with zero attached hydrogens (tertiary/aromatic N) is 5. The first-order chi connectivity index (χ1) is 15.0. The molecule has 0 radical (unpaired) electrons. The van der Waals surface area contributed by atoms with Crippen molar-refractivity contribution >= 4 is 40.2 Å². The molecule has 0 spiro atoms. The first-order valence-electron chi connectivity index (χ1n) is 10.1. The van der Waals surface area contributed by atoms with Crippen molar-refractivity contribution < 1.29 is 13.9 Å². The smallest absolute Gasteiger partial charge is 0.246 e. The number of aromatic amines is 1. The number of nitrogens with one attached hydrogen (secondary N) is 2. The van der Waals surface area contributed by atoms with Gasteiger partial charge in [-0.05, 0) is 25.3 Å². The van der Waals surface area contributed by atoms with E-state index in [1.165, 1.54) is 11.0 Å². The Kier molecular flexibility index (Phi) is 5.01. The average molecular weight is 446 g/mol. The number of halogens is 2. The number of rotatable bonds is 6. The van der Waals surface area contributed by atoms with Gasteiger partial charge in [0.1, 0.15) is 17.9 Å². The zero-order chi connectivity index (χ0) is 21.5. The Bertz CT molecular complexity index is 1140. The predicted molar refractivity (Wildman–Crippen MR) is 113 cm³/mol. The van der Waals surface area contributed by atoms with Crippen molar-refractivity contribution in [3.8, 4) is 5.88 Å². The van der Waals surface area contributed by atoms with E-state index in [0.717, 1.165) is 18.5 Å². The molecule has 162 valence electrons. The van der Waals surface area contributed by atoms with Crippen LogP contribution in [-0.4, -0.2) is 60.9 Å². The van der Waals surface area contributed by atoms with Crippen LogP contribution in [0.3, 0.4) is 0 Å². The molecule has 2 N–H and O–H groups in total. The largest absolute Gasteiger partial charge is 0.469 e. The summed E-state index contributed by atoms with van der Waals surface area (Å²) in [7, 11) is 0. The van der Waals surface area contributed by atoms with Gasteiger partial charge in [-0.1, -0.05) is 18.2 Å². The number of aromatic nitrogens is 5. The summed E-state index contributed by atoms with van der Waals surface area (Å²) in [6.45, 7) is 3.90. The fourth-order valence-corrected chi connectivity index (χ4v) is 3.87. The van der Waals surface area contributed by atoms with Crippen molar-refractivity contribution in [2.75, 3.05) is 18.4 Å². The van der Waals surface area contributed by atoms with Crippen molar-refractivity contribution in [3.05, 3.63) is 36.3 Å². The molecule has 9 nitrogen and oxygen atoms in total. The molecule has 3 aromatic heterocycles. The van der Waals surface area contributed by atoms with Gasteiger partial charge >= 0.3 is 0 Å². The highest BCUT2D eigenvalue weighted by molar-refractivity contribution is 6.35. The number of ether oxygens (including phenoxy) is 1. The second-order valence-electron chi connectivity index (χ2n) is 7.73. The van der Waals surface area contributed by atoms with Crippen LogP contribution in [0.5, 0.6) is 5.88 Å². The summed E-state index contributed by atoms with van der Waals surface area (Å²) >= 11 is 6.29. The number of hydrogen-bond acceptors (Lipinski definition) is 6. The molecule has 1 saturated carbocycles. The number of likely N-dealkylation sites (tertiary alicyclic amines) is 1. The maximum absolute atomic E-state index is 14.6. The predicted octanol–water partition coefficient (Wildman–Crippen LogP) is 3.39. The van der Waals surface area contributed by atoms with Gasteiger partial charge in [0.15, 0.2) is 0 Å². The molecular formula is C20H21ClFN7O2.